The second-order valence-electron chi connectivity index (χ2n) is 3.95. The largest absolute Gasteiger partial charge is 0.363 e. The highest BCUT2D eigenvalue weighted by molar-refractivity contribution is 9.10. The minimum Gasteiger partial charge on any atom is -0.363 e. The van der Waals surface area contributed by atoms with Gasteiger partial charge in [-0.15, -0.1) is 0 Å². The lowest BCUT2D eigenvalue weighted by atomic mass is 10.1. The van der Waals surface area contributed by atoms with E-state index in [0.717, 1.165) is 16.0 Å². The van der Waals surface area contributed by atoms with E-state index < -0.39 is 0 Å². The molecule has 18 heavy (non-hydrogen) atoms. The number of anilines is 1. The third-order valence-corrected chi connectivity index (χ3v) is 3.01. The van der Waals surface area contributed by atoms with Crippen LogP contribution in [0.15, 0.2) is 46.9 Å². The Labute approximate surface area is 114 Å². The third-order valence-electron chi connectivity index (χ3n) is 2.48. The van der Waals surface area contributed by atoms with Gasteiger partial charge in [-0.1, -0.05) is 34.1 Å². The minimum atomic E-state index is 0.0470. The number of benzene rings is 1. The summed E-state index contributed by atoms with van der Waals surface area (Å²) in [5, 5.41) is 3.03. The van der Waals surface area contributed by atoms with Crippen molar-refractivity contribution >= 4 is 27.5 Å². The summed E-state index contributed by atoms with van der Waals surface area (Å²) >= 11 is 3.34. The van der Waals surface area contributed by atoms with Gasteiger partial charge in [0.1, 0.15) is 5.82 Å². The highest BCUT2D eigenvalue weighted by Crippen LogP contribution is 2.11. The highest BCUT2D eigenvalue weighted by Gasteiger charge is 2.05. The van der Waals surface area contributed by atoms with Crippen LogP contribution in [0.3, 0.4) is 0 Å². The molecule has 92 valence electrons. The maximum absolute atomic E-state index is 11.9. The Morgan fingerprint density at radius 3 is 2.61 bits per heavy atom. The number of aromatic nitrogens is 1. The standard InChI is InChI=1S/C14H13BrN2O/c1-10-3-2-4-14(17-10)16-9-13(18)11-5-7-12(15)8-6-11/h2-8H,9H2,1H3,(H,16,17). The van der Waals surface area contributed by atoms with Crippen molar-refractivity contribution < 1.29 is 4.79 Å². The number of pyridine rings is 1. The Kier molecular flexibility index (Phi) is 4.10. The lowest BCUT2D eigenvalue weighted by Gasteiger charge is -2.05. The third kappa shape index (κ3) is 3.40. The molecule has 0 unspecified atom stereocenters. The second-order valence-corrected chi connectivity index (χ2v) is 4.86. The zero-order valence-electron chi connectivity index (χ0n) is 9.98. The number of aryl methyl sites for hydroxylation is 1. The van der Waals surface area contributed by atoms with E-state index in [9.17, 15) is 4.79 Å². The number of nitrogens with zero attached hydrogens (tertiary/aromatic N) is 1. The average molecular weight is 305 g/mol. The van der Waals surface area contributed by atoms with Crippen LogP contribution in [-0.4, -0.2) is 17.3 Å². The Balaban J connectivity index is 1.98. The zero-order chi connectivity index (χ0) is 13.0. The van der Waals surface area contributed by atoms with Gasteiger partial charge in [-0.25, -0.2) is 4.98 Å². The van der Waals surface area contributed by atoms with Crippen molar-refractivity contribution in [1.82, 2.24) is 4.98 Å². The van der Waals surface area contributed by atoms with Gasteiger partial charge in [-0.3, -0.25) is 4.79 Å². The summed E-state index contributed by atoms with van der Waals surface area (Å²) < 4.78 is 0.965. The molecular formula is C14H13BrN2O. The first-order chi connectivity index (χ1) is 8.65. The minimum absolute atomic E-state index is 0.0470. The molecular weight excluding hydrogens is 292 g/mol. The molecule has 2 rings (SSSR count). The molecule has 4 heteroatoms. The van der Waals surface area contributed by atoms with E-state index in [0.29, 0.717) is 5.56 Å². The van der Waals surface area contributed by atoms with Gasteiger partial charge in [0.15, 0.2) is 5.78 Å². The summed E-state index contributed by atoms with van der Waals surface area (Å²) in [6.07, 6.45) is 0. The van der Waals surface area contributed by atoms with Crippen molar-refractivity contribution in [2.45, 2.75) is 6.92 Å². The zero-order valence-corrected chi connectivity index (χ0v) is 11.6. The van der Waals surface area contributed by atoms with Gasteiger partial charge in [0, 0.05) is 15.7 Å². The second kappa shape index (κ2) is 5.78. The lowest BCUT2D eigenvalue weighted by Crippen LogP contribution is -2.14. The summed E-state index contributed by atoms with van der Waals surface area (Å²) in [5.41, 5.74) is 1.62. The van der Waals surface area contributed by atoms with Crippen molar-refractivity contribution in [3.8, 4) is 0 Å². The molecule has 3 nitrogen and oxygen atoms in total. The Morgan fingerprint density at radius 1 is 1.22 bits per heavy atom. The van der Waals surface area contributed by atoms with Gasteiger partial charge in [0.25, 0.3) is 0 Å². The summed E-state index contributed by atoms with van der Waals surface area (Å²) in [7, 11) is 0. The monoisotopic (exact) mass is 304 g/mol. The first-order valence-corrected chi connectivity index (χ1v) is 6.41. The predicted octanol–water partition coefficient (Wildman–Crippen LogP) is 3.45. The first kappa shape index (κ1) is 12.8. The maximum Gasteiger partial charge on any atom is 0.181 e. The number of carbonyl (C=O) groups excluding carboxylic acids is 1. The van der Waals surface area contributed by atoms with Crippen LogP contribution < -0.4 is 5.32 Å². The van der Waals surface area contributed by atoms with Gasteiger partial charge in [-0.2, -0.15) is 0 Å². The molecule has 1 heterocycles. The van der Waals surface area contributed by atoms with Crippen LogP contribution in [0.2, 0.25) is 0 Å². The average Bonchev–Trinajstić information content (AvgIpc) is 2.37. The van der Waals surface area contributed by atoms with Crippen molar-refractivity contribution in [3.63, 3.8) is 0 Å². The van der Waals surface area contributed by atoms with Crippen LogP contribution in [0, 0.1) is 6.92 Å². The van der Waals surface area contributed by atoms with E-state index in [-0.39, 0.29) is 12.3 Å². The van der Waals surface area contributed by atoms with Gasteiger partial charge >= 0.3 is 0 Å². The number of ketones is 1. The molecule has 1 N–H and O–H groups in total. The maximum atomic E-state index is 11.9. The lowest BCUT2D eigenvalue weighted by molar-refractivity contribution is 0.101. The Bertz CT molecular complexity index is 552. The molecule has 0 aliphatic carbocycles. The molecule has 0 amide bonds. The van der Waals surface area contributed by atoms with Crippen molar-refractivity contribution in [3.05, 3.63) is 58.2 Å². The van der Waals surface area contributed by atoms with E-state index in [1.165, 1.54) is 0 Å². The van der Waals surface area contributed by atoms with E-state index in [1.54, 1.807) is 12.1 Å². The molecule has 1 aromatic carbocycles. The van der Waals surface area contributed by atoms with Crippen LogP contribution >= 0.6 is 15.9 Å². The molecule has 2 aromatic rings. The number of rotatable bonds is 4. The van der Waals surface area contributed by atoms with Crippen LogP contribution in [0.1, 0.15) is 16.1 Å². The number of Topliss-reactive ketones (excluding diaryl/α,β-unsaturated/α-hetero) is 1. The number of nitrogens with one attached hydrogen (secondary N) is 1. The molecule has 0 atom stereocenters. The Hall–Kier alpha value is -1.68. The van der Waals surface area contributed by atoms with Gasteiger partial charge in [-0.05, 0) is 31.2 Å². The summed E-state index contributed by atoms with van der Waals surface area (Å²) in [4.78, 5) is 16.2. The van der Waals surface area contributed by atoms with E-state index in [4.69, 9.17) is 0 Å². The van der Waals surface area contributed by atoms with E-state index in [1.807, 2.05) is 37.3 Å². The SMILES string of the molecule is Cc1cccc(NCC(=O)c2ccc(Br)cc2)n1. The van der Waals surface area contributed by atoms with Crippen LogP contribution in [0.25, 0.3) is 0 Å². The quantitative estimate of drug-likeness (QED) is 0.880. The molecule has 0 bridgehead atoms. The van der Waals surface area contributed by atoms with Crippen LogP contribution in [0.5, 0.6) is 0 Å². The number of carbonyl (C=O) groups is 1. The van der Waals surface area contributed by atoms with Crippen LogP contribution in [0.4, 0.5) is 5.82 Å². The van der Waals surface area contributed by atoms with Crippen LogP contribution in [-0.2, 0) is 0 Å². The predicted molar refractivity (Wildman–Crippen MR) is 75.9 cm³/mol. The number of hydrogen-bond acceptors (Lipinski definition) is 3. The molecule has 1 aromatic heterocycles. The van der Waals surface area contributed by atoms with Gasteiger partial charge in [0.05, 0.1) is 6.54 Å². The van der Waals surface area contributed by atoms with Gasteiger partial charge < -0.3 is 5.32 Å². The number of hydrogen-bond donors (Lipinski definition) is 1. The molecule has 0 fully saturated rings. The first-order valence-electron chi connectivity index (χ1n) is 5.61. The Morgan fingerprint density at radius 2 is 1.94 bits per heavy atom. The molecule has 0 aliphatic heterocycles. The van der Waals surface area contributed by atoms with Crippen molar-refractivity contribution in [2.24, 2.45) is 0 Å². The fraction of sp³-hybridized carbons (Fsp3) is 0.143. The highest BCUT2D eigenvalue weighted by atomic mass is 79.9. The molecule has 0 spiro atoms. The molecule has 0 aliphatic rings. The summed E-state index contributed by atoms with van der Waals surface area (Å²) in [6.45, 7) is 2.17. The molecule has 0 saturated heterocycles. The smallest absolute Gasteiger partial charge is 0.181 e. The fourth-order valence-electron chi connectivity index (χ4n) is 1.55. The van der Waals surface area contributed by atoms with Crippen molar-refractivity contribution in [2.75, 3.05) is 11.9 Å². The summed E-state index contributed by atoms with van der Waals surface area (Å²) in [6, 6.07) is 13.0. The summed E-state index contributed by atoms with van der Waals surface area (Å²) in [5.74, 6) is 0.770. The van der Waals surface area contributed by atoms with Gasteiger partial charge in [0.2, 0.25) is 0 Å². The molecule has 0 radical (unpaired) electrons. The topological polar surface area (TPSA) is 42.0 Å². The van der Waals surface area contributed by atoms with E-state index in [2.05, 4.69) is 26.2 Å². The fourth-order valence-corrected chi connectivity index (χ4v) is 1.81. The van der Waals surface area contributed by atoms with E-state index >= 15 is 0 Å². The van der Waals surface area contributed by atoms with Crippen molar-refractivity contribution in [1.29, 1.82) is 0 Å². The molecule has 0 saturated carbocycles. The number of halogens is 1. The normalized spacial score (nSPS) is 10.1.